The van der Waals surface area contributed by atoms with Gasteiger partial charge < -0.3 is 0 Å². The molecule has 0 nitrogen and oxygen atoms in total. The van der Waals surface area contributed by atoms with Gasteiger partial charge in [0.2, 0.25) is 0 Å². The van der Waals surface area contributed by atoms with Gasteiger partial charge in [0.25, 0.3) is 0 Å². The van der Waals surface area contributed by atoms with Gasteiger partial charge in [-0.3, -0.25) is 0 Å². The first-order valence-corrected chi connectivity index (χ1v) is 17.9. The Balaban J connectivity index is 2.28. The minimum absolute atomic E-state index is 1.08. The average molecular weight is 406 g/mol. The molecule has 0 atom stereocenters. The molecule has 0 spiro atoms. The molecule has 0 fully saturated rings. The highest BCUT2D eigenvalue weighted by Gasteiger charge is 2.25. The van der Waals surface area contributed by atoms with Gasteiger partial charge in [-0.15, -0.1) is 0 Å². The molecule has 2 aromatic rings. The molecule has 0 unspecified atom stereocenters. The van der Waals surface area contributed by atoms with E-state index in [2.05, 4.69) is 96.0 Å². The van der Waals surface area contributed by atoms with Crippen molar-refractivity contribution in [3.8, 4) is 11.1 Å². The third-order valence-electron chi connectivity index (χ3n) is 5.91. The van der Waals surface area contributed by atoms with Crippen LogP contribution in [0.15, 0.2) is 35.9 Å². The first-order chi connectivity index (χ1) is 13.0. The molecular formula is C26H37Si2. The summed E-state index contributed by atoms with van der Waals surface area (Å²) in [4.78, 5) is 0. The van der Waals surface area contributed by atoms with E-state index in [1.165, 1.54) is 46.2 Å². The van der Waals surface area contributed by atoms with Crippen molar-refractivity contribution < 1.29 is 0 Å². The van der Waals surface area contributed by atoms with Crippen LogP contribution in [0.3, 0.4) is 0 Å². The zero-order valence-electron chi connectivity index (χ0n) is 19.2. The molecule has 0 amide bonds. The van der Waals surface area contributed by atoms with Crippen LogP contribution in [-0.2, 0) is 6.42 Å². The van der Waals surface area contributed by atoms with Gasteiger partial charge >= 0.3 is 0 Å². The lowest BCUT2D eigenvalue weighted by Crippen LogP contribution is -2.45. The van der Waals surface area contributed by atoms with Crippen LogP contribution in [0.4, 0.5) is 0 Å². The van der Waals surface area contributed by atoms with Crippen molar-refractivity contribution in [3.63, 3.8) is 0 Å². The Morgan fingerprint density at radius 1 is 0.786 bits per heavy atom. The van der Waals surface area contributed by atoms with Crippen LogP contribution in [0.1, 0.15) is 43.4 Å². The summed E-state index contributed by atoms with van der Waals surface area (Å²) in [6.45, 7) is 19.4. The fourth-order valence-electron chi connectivity index (χ4n) is 4.10. The van der Waals surface area contributed by atoms with Crippen LogP contribution in [-0.4, -0.2) is 16.1 Å². The van der Waals surface area contributed by atoms with Crippen molar-refractivity contribution in [2.24, 2.45) is 0 Å². The maximum Gasteiger partial charge on any atom is 0.0776 e. The van der Waals surface area contributed by atoms with Gasteiger partial charge in [0, 0.05) is 6.42 Å². The highest BCUT2D eigenvalue weighted by Crippen LogP contribution is 2.39. The molecule has 0 saturated heterocycles. The van der Waals surface area contributed by atoms with E-state index in [9.17, 15) is 0 Å². The Kier molecular flexibility index (Phi) is 5.94. The molecule has 1 aliphatic rings. The van der Waals surface area contributed by atoms with E-state index < -0.39 is 16.1 Å². The van der Waals surface area contributed by atoms with Crippen LogP contribution in [0.2, 0.25) is 39.3 Å². The normalized spacial score (nSPS) is 14.2. The van der Waals surface area contributed by atoms with E-state index in [-0.39, 0.29) is 0 Å². The van der Waals surface area contributed by atoms with Gasteiger partial charge in [-0.25, -0.2) is 0 Å². The van der Waals surface area contributed by atoms with Gasteiger partial charge in [0.15, 0.2) is 0 Å². The van der Waals surface area contributed by atoms with Crippen LogP contribution in [0.25, 0.3) is 17.2 Å². The largest absolute Gasteiger partial charge is 0.0776 e. The Morgan fingerprint density at radius 2 is 1.39 bits per heavy atom. The van der Waals surface area contributed by atoms with Crippen LogP contribution < -0.4 is 10.4 Å². The van der Waals surface area contributed by atoms with Crippen molar-refractivity contribution in [1.29, 1.82) is 0 Å². The van der Waals surface area contributed by atoms with Gasteiger partial charge in [-0.1, -0.05) is 112 Å². The highest BCUT2D eigenvalue weighted by atomic mass is 28.3. The summed E-state index contributed by atoms with van der Waals surface area (Å²) in [6.07, 6.45) is 8.33. The molecule has 3 rings (SSSR count). The summed E-state index contributed by atoms with van der Waals surface area (Å²) >= 11 is 0. The van der Waals surface area contributed by atoms with E-state index >= 15 is 0 Å². The Morgan fingerprint density at radius 3 is 1.89 bits per heavy atom. The Labute approximate surface area is 175 Å². The van der Waals surface area contributed by atoms with Crippen molar-refractivity contribution in [1.82, 2.24) is 0 Å². The molecule has 0 saturated carbocycles. The fourth-order valence-corrected chi connectivity index (χ4v) is 6.59. The molecule has 0 bridgehead atoms. The smallest absolute Gasteiger partial charge is 0.0656 e. The van der Waals surface area contributed by atoms with Crippen molar-refractivity contribution in [3.05, 3.63) is 59.0 Å². The first-order valence-electron chi connectivity index (χ1n) is 10.9. The number of allylic oxidation sites excluding steroid dienone is 1. The fraction of sp³-hybridized carbons (Fsp3) is 0.423. The van der Waals surface area contributed by atoms with Crippen molar-refractivity contribution >= 4 is 32.6 Å². The Hall–Kier alpha value is -1.39. The first kappa shape index (κ1) is 21.3. The summed E-state index contributed by atoms with van der Waals surface area (Å²) in [5, 5.41) is 3.20. The molecule has 0 N–H and O–H groups in total. The number of benzene rings is 2. The number of hydrogen-bond acceptors (Lipinski definition) is 0. The monoisotopic (exact) mass is 405 g/mol. The highest BCUT2D eigenvalue weighted by molar-refractivity contribution is 6.91. The molecule has 0 aromatic heterocycles. The number of hydrogen-bond donors (Lipinski definition) is 0. The second kappa shape index (κ2) is 7.80. The molecular weight excluding hydrogens is 368 g/mol. The van der Waals surface area contributed by atoms with Crippen LogP contribution >= 0.6 is 0 Å². The van der Waals surface area contributed by atoms with Crippen LogP contribution in [0.5, 0.6) is 0 Å². The predicted octanol–water partition coefficient (Wildman–Crippen LogP) is 6.76. The summed E-state index contributed by atoms with van der Waals surface area (Å²) in [5.41, 5.74) is 8.77. The molecule has 1 aliphatic carbocycles. The van der Waals surface area contributed by atoms with Gasteiger partial charge in [-0.2, -0.15) is 0 Å². The number of aryl methyl sites for hydroxylation is 1. The lowest BCUT2D eigenvalue weighted by atomic mass is 9.91. The molecule has 28 heavy (non-hydrogen) atoms. The van der Waals surface area contributed by atoms with E-state index in [1.54, 1.807) is 10.4 Å². The minimum atomic E-state index is -1.39. The van der Waals surface area contributed by atoms with Gasteiger partial charge in [0.05, 0.1) is 16.1 Å². The van der Waals surface area contributed by atoms with Gasteiger partial charge in [-0.05, 0) is 40.7 Å². The lowest BCUT2D eigenvalue weighted by molar-refractivity contribution is 0.924. The second-order valence-corrected chi connectivity index (χ2v) is 20.5. The molecule has 0 heterocycles. The van der Waals surface area contributed by atoms with Gasteiger partial charge in [0.1, 0.15) is 0 Å². The second-order valence-electron chi connectivity index (χ2n) is 10.4. The zero-order valence-corrected chi connectivity index (χ0v) is 21.2. The summed E-state index contributed by atoms with van der Waals surface area (Å²) in [6, 6.07) is 12.3. The SMILES string of the molecule is CCCC1=Cc2c(ccc(CC)c2-c2cc([Si](C)(C)C)cc([Si](C)(C)C)c2)[CH]1. The molecule has 0 aliphatic heterocycles. The third kappa shape index (κ3) is 4.28. The predicted molar refractivity (Wildman–Crippen MR) is 134 cm³/mol. The van der Waals surface area contributed by atoms with E-state index in [1.807, 2.05) is 0 Å². The topological polar surface area (TPSA) is 0 Å². The Bertz CT molecular complexity index is 873. The lowest BCUT2D eigenvalue weighted by Gasteiger charge is -2.25. The maximum absolute atomic E-state index is 2.54. The summed E-state index contributed by atoms with van der Waals surface area (Å²) < 4.78 is 0. The molecule has 2 aromatic carbocycles. The van der Waals surface area contributed by atoms with Crippen molar-refractivity contribution in [2.75, 3.05) is 0 Å². The van der Waals surface area contributed by atoms with E-state index in [4.69, 9.17) is 0 Å². The van der Waals surface area contributed by atoms with E-state index in [0.29, 0.717) is 0 Å². The zero-order chi connectivity index (χ0) is 20.7. The average Bonchev–Trinajstić information content (AvgIpc) is 3.01. The van der Waals surface area contributed by atoms with Crippen LogP contribution in [0, 0.1) is 6.42 Å². The minimum Gasteiger partial charge on any atom is -0.0656 e. The molecule has 1 radical (unpaired) electrons. The molecule has 149 valence electrons. The summed E-state index contributed by atoms with van der Waals surface area (Å²) in [5.74, 6) is 0. The number of rotatable bonds is 6. The third-order valence-corrected chi connectivity index (χ3v) is 9.95. The number of fused-ring (bicyclic) bond motifs is 1. The quantitative estimate of drug-likeness (QED) is 0.466. The maximum atomic E-state index is 2.54. The standard InChI is InChI=1S/C26H37Si2/c1-9-11-19-14-21-13-12-20(10-2)26(25(21)15-19)22-16-23(27(3,4)5)18-24(17-22)28(6,7)8/h12-18H,9-11H2,1-8H3. The summed E-state index contributed by atoms with van der Waals surface area (Å²) in [7, 11) is -2.78. The molecule has 2 heteroatoms. The van der Waals surface area contributed by atoms with E-state index in [0.717, 1.165) is 6.42 Å². The van der Waals surface area contributed by atoms with Crippen molar-refractivity contribution in [2.45, 2.75) is 72.4 Å².